The molecule has 160 valence electrons. The summed E-state index contributed by atoms with van der Waals surface area (Å²) in [4.78, 5) is 11.4. The molecule has 6 nitrogen and oxygen atoms in total. The van der Waals surface area contributed by atoms with Gasteiger partial charge in [-0.05, 0) is 54.8 Å². The molecule has 0 amide bonds. The molecule has 2 N–H and O–H groups in total. The van der Waals surface area contributed by atoms with E-state index in [0.29, 0.717) is 18.8 Å². The predicted molar refractivity (Wildman–Crippen MR) is 112 cm³/mol. The molecule has 0 bridgehead atoms. The highest BCUT2D eigenvalue weighted by Gasteiger charge is 2.30. The lowest BCUT2D eigenvalue weighted by molar-refractivity contribution is -0.142. The molecule has 1 fully saturated rings. The Morgan fingerprint density at radius 2 is 2.00 bits per heavy atom. The maximum atomic E-state index is 14.5. The molecule has 2 aromatic heterocycles. The molecule has 0 unspecified atom stereocenters. The summed E-state index contributed by atoms with van der Waals surface area (Å²) in [5.41, 5.74) is 3.88. The molecule has 4 aromatic rings. The summed E-state index contributed by atoms with van der Waals surface area (Å²) in [6.45, 7) is 1.16. The summed E-state index contributed by atoms with van der Waals surface area (Å²) in [6, 6.07) is 10.00. The minimum absolute atomic E-state index is 0.0682. The van der Waals surface area contributed by atoms with E-state index in [1.165, 1.54) is 12.1 Å². The van der Waals surface area contributed by atoms with Gasteiger partial charge in [-0.2, -0.15) is 5.10 Å². The van der Waals surface area contributed by atoms with E-state index in [4.69, 9.17) is 4.74 Å². The Labute approximate surface area is 176 Å². The predicted octanol–water partition coefficient (Wildman–Crippen LogP) is 4.51. The molecular weight excluding hydrogens is 404 g/mol. The van der Waals surface area contributed by atoms with Gasteiger partial charge in [0.2, 0.25) is 6.17 Å². The van der Waals surface area contributed by atoms with Crippen LogP contribution in [0.25, 0.3) is 27.5 Å². The third-order valence-electron chi connectivity index (χ3n) is 6.02. The molecule has 0 spiro atoms. The van der Waals surface area contributed by atoms with Gasteiger partial charge in [0.15, 0.2) is 0 Å². The maximum absolute atomic E-state index is 14.5. The first-order valence-corrected chi connectivity index (χ1v) is 10.2. The zero-order chi connectivity index (χ0) is 21.5. The number of ether oxygens (including phenoxy) is 1. The van der Waals surface area contributed by atoms with Gasteiger partial charge in [0, 0.05) is 47.7 Å². The van der Waals surface area contributed by atoms with Gasteiger partial charge < -0.3 is 14.4 Å². The summed E-state index contributed by atoms with van der Waals surface area (Å²) in [5, 5.41) is 17.9. The number of carboxylic acid groups (broad SMARTS) is 1. The topological polar surface area (TPSA) is 80.1 Å². The number of aromatic nitrogens is 3. The number of fused-ring (bicyclic) bond motifs is 2. The first-order chi connectivity index (χ1) is 15.0. The van der Waals surface area contributed by atoms with Crippen LogP contribution in [-0.4, -0.2) is 45.2 Å². The van der Waals surface area contributed by atoms with E-state index in [-0.39, 0.29) is 18.2 Å². The van der Waals surface area contributed by atoms with Crippen LogP contribution in [0.3, 0.4) is 0 Å². The number of aromatic amines is 1. The molecule has 1 aliphatic rings. The Morgan fingerprint density at radius 1 is 1.26 bits per heavy atom. The third kappa shape index (κ3) is 3.46. The number of hydrogen-bond acceptors (Lipinski definition) is 3. The van der Waals surface area contributed by atoms with Gasteiger partial charge in [-0.15, -0.1) is 0 Å². The fraction of sp³-hybridized carbons (Fsp3) is 0.304. The highest BCUT2D eigenvalue weighted by molar-refractivity contribution is 5.99. The summed E-state index contributed by atoms with van der Waals surface area (Å²) in [6.07, 6.45) is 0.928. The van der Waals surface area contributed by atoms with Gasteiger partial charge in [0.25, 0.3) is 0 Å². The number of benzene rings is 2. The average Bonchev–Trinajstić information content (AvgIpc) is 3.35. The fourth-order valence-electron chi connectivity index (χ4n) is 4.56. The number of aliphatic carboxylic acids is 1. The van der Waals surface area contributed by atoms with Gasteiger partial charge in [0.05, 0.1) is 17.2 Å². The summed E-state index contributed by atoms with van der Waals surface area (Å²) in [7, 11) is 0. The molecule has 31 heavy (non-hydrogen) atoms. The SMILES string of the molecule is O=C(O)[C@@H](F)Cc1c(C2CCOCC2)n(-c2ccc(F)cc2)c2cc3cn[nH]c3cc12. The van der Waals surface area contributed by atoms with Crippen LogP contribution in [0.5, 0.6) is 0 Å². The Bertz CT molecular complexity index is 1260. The van der Waals surface area contributed by atoms with E-state index in [9.17, 15) is 18.7 Å². The van der Waals surface area contributed by atoms with E-state index in [1.807, 2.05) is 16.7 Å². The Balaban J connectivity index is 1.83. The number of alkyl halides is 1. The minimum Gasteiger partial charge on any atom is -0.479 e. The fourth-order valence-corrected chi connectivity index (χ4v) is 4.56. The first-order valence-electron chi connectivity index (χ1n) is 10.2. The number of halogens is 2. The Kier molecular flexibility index (Phi) is 4.94. The van der Waals surface area contributed by atoms with Crippen LogP contribution in [0.4, 0.5) is 8.78 Å². The largest absolute Gasteiger partial charge is 0.479 e. The number of carboxylic acids is 1. The first kappa shape index (κ1) is 19.7. The van der Waals surface area contributed by atoms with Crippen LogP contribution in [0, 0.1) is 5.82 Å². The van der Waals surface area contributed by atoms with E-state index in [1.54, 1.807) is 18.3 Å². The lowest BCUT2D eigenvalue weighted by atomic mass is 9.90. The summed E-state index contributed by atoms with van der Waals surface area (Å²) >= 11 is 0. The highest BCUT2D eigenvalue weighted by Crippen LogP contribution is 2.40. The van der Waals surface area contributed by atoms with Crippen LogP contribution in [0.15, 0.2) is 42.6 Å². The second-order valence-electron chi connectivity index (χ2n) is 7.90. The van der Waals surface area contributed by atoms with Gasteiger partial charge in [0.1, 0.15) is 5.82 Å². The normalized spacial score (nSPS) is 16.2. The number of hydrogen-bond donors (Lipinski definition) is 2. The van der Waals surface area contributed by atoms with E-state index in [2.05, 4.69) is 10.2 Å². The molecule has 0 saturated carbocycles. The summed E-state index contributed by atoms with van der Waals surface area (Å²) < 4.78 is 35.7. The number of carbonyl (C=O) groups is 1. The molecule has 1 aliphatic heterocycles. The third-order valence-corrected chi connectivity index (χ3v) is 6.02. The number of rotatable bonds is 5. The van der Waals surface area contributed by atoms with Crippen molar-refractivity contribution in [1.29, 1.82) is 0 Å². The van der Waals surface area contributed by atoms with E-state index >= 15 is 0 Å². The van der Waals surface area contributed by atoms with Crippen LogP contribution >= 0.6 is 0 Å². The van der Waals surface area contributed by atoms with Gasteiger partial charge in [-0.3, -0.25) is 5.10 Å². The zero-order valence-electron chi connectivity index (χ0n) is 16.6. The Morgan fingerprint density at radius 3 is 2.71 bits per heavy atom. The van der Waals surface area contributed by atoms with Gasteiger partial charge in [-0.25, -0.2) is 13.6 Å². The second kappa shape index (κ2) is 7.77. The molecule has 0 radical (unpaired) electrons. The molecule has 0 aliphatic carbocycles. The van der Waals surface area contributed by atoms with Crippen molar-refractivity contribution in [2.24, 2.45) is 0 Å². The van der Waals surface area contributed by atoms with Gasteiger partial charge >= 0.3 is 5.97 Å². The van der Waals surface area contributed by atoms with Crippen molar-refractivity contribution in [2.75, 3.05) is 13.2 Å². The minimum atomic E-state index is -2.02. The van der Waals surface area contributed by atoms with E-state index in [0.717, 1.165) is 46.0 Å². The van der Waals surface area contributed by atoms with Crippen molar-refractivity contribution in [1.82, 2.24) is 14.8 Å². The molecule has 1 atom stereocenters. The highest BCUT2D eigenvalue weighted by atomic mass is 19.1. The molecule has 8 heteroatoms. The standard InChI is InChI=1S/C23H21F2N3O3/c24-15-1-3-16(4-2-15)28-21-9-14-12-26-27-20(14)11-17(21)18(10-19(25)23(29)30)22(28)13-5-7-31-8-6-13/h1-4,9,11-13,19H,5-8,10H2,(H,26,27)(H,29,30)/t19-/m0/s1. The zero-order valence-corrected chi connectivity index (χ0v) is 16.6. The molecule has 2 aromatic carbocycles. The van der Waals surface area contributed by atoms with E-state index < -0.39 is 12.1 Å². The van der Waals surface area contributed by atoms with Crippen molar-refractivity contribution in [3.63, 3.8) is 0 Å². The Hall–Kier alpha value is -3.26. The van der Waals surface area contributed by atoms with Crippen molar-refractivity contribution < 1.29 is 23.4 Å². The van der Waals surface area contributed by atoms with Gasteiger partial charge in [-0.1, -0.05) is 0 Å². The second-order valence-corrected chi connectivity index (χ2v) is 7.90. The number of nitrogens with one attached hydrogen (secondary N) is 1. The number of nitrogens with zero attached hydrogens (tertiary/aromatic N) is 2. The monoisotopic (exact) mass is 425 g/mol. The smallest absolute Gasteiger partial charge is 0.338 e. The summed E-state index contributed by atoms with van der Waals surface area (Å²) in [5.74, 6) is -1.76. The molecule has 3 heterocycles. The van der Waals surface area contributed by atoms with Crippen LogP contribution in [-0.2, 0) is 16.0 Å². The maximum Gasteiger partial charge on any atom is 0.338 e. The van der Waals surface area contributed by atoms with Crippen molar-refractivity contribution in [3.05, 3.63) is 59.7 Å². The van der Waals surface area contributed by atoms with Crippen molar-refractivity contribution >= 4 is 27.8 Å². The lowest BCUT2D eigenvalue weighted by Gasteiger charge is -2.26. The quantitative estimate of drug-likeness (QED) is 0.493. The van der Waals surface area contributed by atoms with Crippen LogP contribution in [0.2, 0.25) is 0 Å². The van der Waals surface area contributed by atoms with Crippen LogP contribution < -0.4 is 0 Å². The van der Waals surface area contributed by atoms with Crippen molar-refractivity contribution in [2.45, 2.75) is 31.4 Å². The average molecular weight is 425 g/mol. The molecule has 5 rings (SSSR count). The van der Waals surface area contributed by atoms with Crippen LogP contribution in [0.1, 0.15) is 30.0 Å². The van der Waals surface area contributed by atoms with Crippen molar-refractivity contribution in [3.8, 4) is 5.69 Å². The molecule has 1 saturated heterocycles. The lowest BCUT2D eigenvalue weighted by Crippen LogP contribution is -2.21. The number of H-pyrrole nitrogens is 1. The molecular formula is C23H21F2N3O3.